The van der Waals surface area contributed by atoms with Crippen molar-refractivity contribution in [3.05, 3.63) is 30.1 Å². The number of rotatable bonds is 9. The molecule has 0 radical (unpaired) electrons. The van der Waals surface area contributed by atoms with Gasteiger partial charge in [-0.15, -0.1) is 0 Å². The summed E-state index contributed by atoms with van der Waals surface area (Å²) >= 11 is 0. The first-order valence-corrected chi connectivity index (χ1v) is 8.95. The molecule has 3 rings (SSSR count). The monoisotopic (exact) mass is 360 g/mol. The van der Waals surface area contributed by atoms with Crippen LogP contribution < -0.4 is 10.6 Å². The number of carboxylic acids is 1. The lowest BCUT2D eigenvalue weighted by Gasteiger charge is -2.42. The molecule has 1 heterocycles. The van der Waals surface area contributed by atoms with Gasteiger partial charge in [-0.1, -0.05) is 6.07 Å². The van der Waals surface area contributed by atoms with Crippen LogP contribution in [0, 0.1) is 5.92 Å². The first-order chi connectivity index (χ1) is 12.5. The smallest absolute Gasteiger partial charge is 0.317 e. The van der Waals surface area contributed by atoms with Crippen LogP contribution in [0.1, 0.15) is 36.2 Å². The average molecular weight is 360 g/mol. The van der Waals surface area contributed by atoms with E-state index in [1.54, 1.807) is 18.2 Å². The minimum atomic E-state index is -0.810. The first-order valence-electron chi connectivity index (χ1n) is 8.95. The Balaban J connectivity index is 1.37. The number of hydrogen-bond acceptors (Lipinski definition) is 5. The summed E-state index contributed by atoms with van der Waals surface area (Å²) in [6.45, 7) is 0.789. The first kappa shape index (κ1) is 18.3. The van der Waals surface area contributed by atoms with Crippen LogP contribution in [0.2, 0.25) is 0 Å². The summed E-state index contributed by atoms with van der Waals surface area (Å²) in [7, 11) is 0. The molecule has 1 aromatic rings. The normalized spacial score (nSPS) is 21.7. The zero-order valence-electron chi connectivity index (χ0n) is 14.6. The van der Waals surface area contributed by atoms with Gasteiger partial charge in [-0.3, -0.25) is 24.3 Å². The van der Waals surface area contributed by atoms with E-state index in [9.17, 15) is 14.4 Å². The van der Waals surface area contributed by atoms with Crippen LogP contribution in [0.25, 0.3) is 0 Å². The fraction of sp³-hybridized carbons (Fsp3) is 0.556. The molecule has 2 aliphatic carbocycles. The Morgan fingerprint density at radius 1 is 1.23 bits per heavy atom. The molecule has 0 aliphatic heterocycles. The Kier molecular flexibility index (Phi) is 5.82. The van der Waals surface area contributed by atoms with Crippen LogP contribution in [0.15, 0.2) is 24.4 Å². The maximum Gasteiger partial charge on any atom is 0.317 e. The van der Waals surface area contributed by atoms with E-state index in [1.807, 2.05) is 4.90 Å². The molecule has 140 valence electrons. The van der Waals surface area contributed by atoms with Gasteiger partial charge in [0.15, 0.2) is 0 Å². The molecular weight excluding hydrogens is 336 g/mol. The third-order valence-corrected chi connectivity index (χ3v) is 4.83. The second-order valence-corrected chi connectivity index (χ2v) is 7.05. The molecule has 26 heavy (non-hydrogen) atoms. The fourth-order valence-electron chi connectivity index (χ4n) is 3.18. The van der Waals surface area contributed by atoms with Crippen LogP contribution in [-0.4, -0.2) is 64.5 Å². The Labute approximate surface area is 152 Å². The van der Waals surface area contributed by atoms with Gasteiger partial charge in [0, 0.05) is 24.8 Å². The SMILES string of the molecule is O=C(O)CN(CC1CC1)C1CC(NC(=O)CNC(=O)c2ccccn2)C1. The molecule has 2 amide bonds. The van der Waals surface area contributed by atoms with Crippen LogP contribution in [-0.2, 0) is 9.59 Å². The third kappa shape index (κ3) is 5.26. The van der Waals surface area contributed by atoms with Crippen molar-refractivity contribution in [3.8, 4) is 0 Å². The van der Waals surface area contributed by atoms with Gasteiger partial charge in [0.05, 0.1) is 13.1 Å². The van der Waals surface area contributed by atoms with Gasteiger partial charge >= 0.3 is 5.97 Å². The number of aliphatic carboxylic acids is 1. The summed E-state index contributed by atoms with van der Waals surface area (Å²) in [5.74, 6) is -0.811. The van der Waals surface area contributed by atoms with Gasteiger partial charge in [-0.05, 0) is 43.7 Å². The van der Waals surface area contributed by atoms with Gasteiger partial charge in [0.1, 0.15) is 5.69 Å². The number of carboxylic acid groups (broad SMARTS) is 1. The highest BCUT2D eigenvalue weighted by Crippen LogP contribution is 2.33. The quantitative estimate of drug-likeness (QED) is 0.582. The van der Waals surface area contributed by atoms with Crippen molar-refractivity contribution in [2.24, 2.45) is 5.92 Å². The topological polar surface area (TPSA) is 112 Å². The number of carbonyl (C=O) groups excluding carboxylic acids is 2. The summed E-state index contributed by atoms with van der Waals surface area (Å²) in [5.41, 5.74) is 0.272. The van der Waals surface area contributed by atoms with Gasteiger partial charge in [-0.25, -0.2) is 0 Å². The predicted molar refractivity (Wildman–Crippen MR) is 93.5 cm³/mol. The Morgan fingerprint density at radius 2 is 2.00 bits per heavy atom. The van der Waals surface area contributed by atoms with Crippen molar-refractivity contribution in [2.45, 2.75) is 37.8 Å². The Bertz CT molecular complexity index is 656. The summed E-state index contributed by atoms with van der Waals surface area (Å²) in [4.78, 5) is 40.8. The lowest BCUT2D eigenvalue weighted by atomic mass is 9.85. The molecule has 1 aromatic heterocycles. The number of carbonyl (C=O) groups is 3. The molecule has 3 N–H and O–H groups in total. The van der Waals surface area contributed by atoms with E-state index in [2.05, 4.69) is 15.6 Å². The van der Waals surface area contributed by atoms with E-state index in [4.69, 9.17) is 5.11 Å². The van der Waals surface area contributed by atoms with Gasteiger partial charge in [0.25, 0.3) is 5.91 Å². The van der Waals surface area contributed by atoms with Crippen molar-refractivity contribution in [1.29, 1.82) is 0 Å². The highest BCUT2D eigenvalue weighted by Gasteiger charge is 2.37. The number of amides is 2. The highest BCUT2D eigenvalue weighted by molar-refractivity contribution is 5.94. The van der Waals surface area contributed by atoms with E-state index in [0.717, 1.165) is 19.4 Å². The molecule has 0 aromatic carbocycles. The van der Waals surface area contributed by atoms with E-state index in [0.29, 0.717) is 5.92 Å². The van der Waals surface area contributed by atoms with Crippen molar-refractivity contribution >= 4 is 17.8 Å². The zero-order valence-corrected chi connectivity index (χ0v) is 14.6. The van der Waals surface area contributed by atoms with Gasteiger partial charge in [0.2, 0.25) is 5.91 Å². The molecule has 0 unspecified atom stereocenters. The van der Waals surface area contributed by atoms with E-state index in [1.165, 1.54) is 19.0 Å². The summed E-state index contributed by atoms with van der Waals surface area (Å²) in [6, 6.07) is 5.25. The van der Waals surface area contributed by atoms with Gasteiger partial charge in [-0.2, -0.15) is 0 Å². The van der Waals surface area contributed by atoms with E-state index < -0.39 is 5.97 Å². The molecule has 8 nitrogen and oxygen atoms in total. The lowest BCUT2D eigenvalue weighted by molar-refractivity contribution is -0.140. The molecule has 8 heteroatoms. The molecule has 2 aliphatic rings. The number of nitrogens with zero attached hydrogens (tertiary/aromatic N) is 2. The maximum absolute atomic E-state index is 12.0. The molecule has 0 spiro atoms. The Hall–Kier alpha value is -2.48. The van der Waals surface area contributed by atoms with E-state index >= 15 is 0 Å². The van der Waals surface area contributed by atoms with E-state index in [-0.39, 0.29) is 42.7 Å². The van der Waals surface area contributed by atoms with Crippen LogP contribution in [0.5, 0.6) is 0 Å². The summed E-state index contributed by atoms with van der Waals surface area (Å²) in [6.07, 6.45) is 5.38. The highest BCUT2D eigenvalue weighted by atomic mass is 16.4. The largest absolute Gasteiger partial charge is 0.480 e. The lowest BCUT2D eigenvalue weighted by Crippen LogP contribution is -2.56. The standard InChI is InChI=1S/C18H24N4O4/c23-16(9-20-18(26)15-3-1-2-6-19-15)21-13-7-14(8-13)22(11-17(24)25)10-12-4-5-12/h1-3,6,12-14H,4-5,7-11H2,(H,20,26)(H,21,23)(H,24,25). The second kappa shape index (κ2) is 8.27. The third-order valence-electron chi connectivity index (χ3n) is 4.83. The maximum atomic E-state index is 12.0. The number of nitrogens with one attached hydrogen (secondary N) is 2. The van der Waals surface area contributed by atoms with Crippen molar-refractivity contribution in [2.75, 3.05) is 19.6 Å². The van der Waals surface area contributed by atoms with Gasteiger partial charge < -0.3 is 15.7 Å². The molecule has 2 saturated carbocycles. The minimum absolute atomic E-state index is 0.0368. The van der Waals surface area contributed by atoms with Crippen LogP contribution in [0.3, 0.4) is 0 Å². The number of hydrogen-bond donors (Lipinski definition) is 3. The summed E-state index contributed by atoms with van der Waals surface area (Å²) in [5, 5.41) is 14.5. The Morgan fingerprint density at radius 3 is 2.62 bits per heavy atom. The van der Waals surface area contributed by atoms with Crippen molar-refractivity contribution < 1.29 is 19.5 Å². The molecule has 0 atom stereocenters. The second-order valence-electron chi connectivity index (χ2n) is 7.05. The number of aromatic nitrogens is 1. The average Bonchev–Trinajstić information content (AvgIpc) is 3.39. The van der Waals surface area contributed by atoms with Crippen molar-refractivity contribution in [3.63, 3.8) is 0 Å². The summed E-state index contributed by atoms with van der Waals surface area (Å²) < 4.78 is 0. The molecule has 2 fully saturated rings. The molecular formula is C18H24N4O4. The predicted octanol–water partition coefficient (Wildman–Crippen LogP) is 0.255. The van der Waals surface area contributed by atoms with Crippen LogP contribution in [0.4, 0.5) is 0 Å². The van der Waals surface area contributed by atoms with Crippen molar-refractivity contribution in [1.82, 2.24) is 20.5 Å². The fourth-order valence-corrected chi connectivity index (χ4v) is 3.18. The minimum Gasteiger partial charge on any atom is -0.480 e. The molecule has 0 bridgehead atoms. The molecule has 0 saturated heterocycles. The van der Waals surface area contributed by atoms with Crippen LogP contribution >= 0.6 is 0 Å². The zero-order chi connectivity index (χ0) is 18.5. The number of pyridine rings is 1.